The monoisotopic (exact) mass is 425 g/mol. The van der Waals surface area contributed by atoms with Crippen molar-refractivity contribution in [2.45, 2.75) is 38.3 Å². The van der Waals surface area contributed by atoms with Crippen molar-refractivity contribution < 1.29 is 19.2 Å². The van der Waals surface area contributed by atoms with Crippen LogP contribution >= 0.6 is 11.3 Å². The molecule has 1 aromatic heterocycles. The number of hydrogen-bond donors (Lipinski definition) is 1. The van der Waals surface area contributed by atoms with Crippen molar-refractivity contribution in [1.82, 2.24) is 15.1 Å². The molecule has 2 aliphatic heterocycles. The summed E-state index contributed by atoms with van der Waals surface area (Å²) in [4.78, 5) is 54.2. The van der Waals surface area contributed by atoms with Crippen LogP contribution in [0.5, 0.6) is 0 Å². The molecule has 4 amide bonds. The molecular weight excluding hydrogens is 402 g/mol. The predicted octanol–water partition coefficient (Wildman–Crippen LogP) is 2.08. The summed E-state index contributed by atoms with van der Waals surface area (Å²) in [6, 6.07) is 9.65. The van der Waals surface area contributed by atoms with Crippen molar-refractivity contribution in [2.24, 2.45) is 0 Å². The number of rotatable bonds is 5. The van der Waals surface area contributed by atoms with Gasteiger partial charge in [-0.05, 0) is 43.3 Å². The van der Waals surface area contributed by atoms with Gasteiger partial charge >= 0.3 is 0 Å². The molecule has 0 radical (unpaired) electrons. The summed E-state index contributed by atoms with van der Waals surface area (Å²) in [5.41, 5.74) is 0.684. The summed E-state index contributed by atoms with van der Waals surface area (Å²) < 4.78 is 0. The SMILES string of the molecule is CC(C(=O)N1CCC(NC(=O)Cc2cccs2)CC1)N1C(=O)c2ccccc2C1=O. The maximum atomic E-state index is 13.0. The number of carbonyl (C=O) groups is 4. The number of piperidine rings is 1. The average Bonchev–Trinajstić information content (AvgIpc) is 3.34. The first-order valence-electron chi connectivity index (χ1n) is 10.0. The minimum Gasteiger partial charge on any atom is -0.353 e. The van der Waals surface area contributed by atoms with Crippen LogP contribution in [0.4, 0.5) is 0 Å². The quantitative estimate of drug-likeness (QED) is 0.743. The van der Waals surface area contributed by atoms with Gasteiger partial charge in [0.25, 0.3) is 11.8 Å². The van der Waals surface area contributed by atoms with Crippen molar-refractivity contribution >= 4 is 35.0 Å². The lowest BCUT2D eigenvalue weighted by molar-refractivity contribution is -0.136. The summed E-state index contributed by atoms with van der Waals surface area (Å²) in [5.74, 6) is -1.10. The molecule has 30 heavy (non-hydrogen) atoms. The minimum absolute atomic E-state index is 0.0124. The Bertz CT molecular complexity index is 945. The molecule has 2 aromatic rings. The Kier molecular flexibility index (Phi) is 5.67. The van der Waals surface area contributed by atoms with Gasteiger partial charge in [0, 0.05) is 24.0 Å². The lowest BCUT2D eigenvalue weighted by Gasteiger charge is -2.35. The van der Waals surface area contributed by atoms with Crippen LogP contribution in [0.2, 0.25) is 0 Å². The summed E-state index contributed by atoms with van der Waals surface area (Å²) in [5, 5.41) is 4.98. The molecule has 0 spiro atoms. The van der Waals surface area contributed by atoms with Crippen LogP contribution in [0.25, 0.3) is 0 Å². The van der Waals surface area contributed by atoms with E-state index in [-0.39, 0.29) is 17.9 Å². The molecule has 3 heterocycles. The summed E-state index contributed by atoms with van der Waals surface area (Å²) in [7, 11) is 0. The fourth-order valence-electron chi connectivity index (χ4n) is 4.03. The minimum atomic E-state index is -0.859. The summed E-state index contributed by atoms with van der Waals surface area (Å²) in [6.07, 6.45) is 1.67. The Morgan fingerprint density at radius 3 is 2.27 bits per heavy atom. The van der Waals surface area contributed by atoms with Gasteiger partial charge in [0.15, 0.2) is 0 Å². The molecule has 156 valence electrons. The molecule has 1 unspecified atom stereocenters. The zero-order valence-corrected chi connectivity index (χ0v) is 17.5. The zero-order valence-electron chi connectivity index (χ0n) is 16.7. The molecule has 8 heteroatoms. The topological polar surface area (TPSA) is 86.8 Å². The van der Waals surface area contributed by atoms with E-state index in [0.717, 1.165) is 9.78 Å². The van der Waals surface area contributed by atoms with E-state index in [0.29, 0.717) is 43.5 Å². The van der Waals surface area contributed by atoms with Crippen LogP contribution in [-0.4, -0.2) is 58.6 Å². The number of carbonyl (C=O) groups excluding carboxylic acids is 4. The first-order valence-corrected chi connectivity index (χ1v) is 10.9. The van der Waals surface area contributed by atoms with E-state index < -0.39 is 17.9 Å². The molecule has 1 atom stereocenters. The molecule has 1 aromatic carbocycles. The summed E-state index contributed by atoms with van der Waals surface area (Å²) in [6.45, 7) is 2.56. The van der Waals surface area contributed by atoms with E-state index in [1.165, 1.54) is 0 Å². The number of nitrogens with zero attached hydrogens (tertiary/aromatic N) is 2. The second kappa shape index (κ2) is 8.39. The number of thiophene rings is 1. The third-order valence-corrected chi connectivity index (χ3v) is 6.53. The van der Waals surface area contributed by atoms with E-state index in [9.17, 15) is 19.2 Å². The standard InChI is InChI=1S/C22H23N3O4S/c1-14(25-21(28)17-6-2-3-7-18(17)22(25)29)20(27)24-10-8-15(9-11-24)23-19(26)13-16-5-4-12-30-16/h2-7,12,14-15H,8-11,13H2,1H3,(H,23,26). The van der Waals surface area contributed by atoms with Gasteiger partial charge in [-0.3, -0.25) is 24.1 Å². The maximum Gasteiger partial charge on any atom is 0.262 e. The van der Waals surface area contributed by atoms with Crippen LogP contribution in [0.15, 0.2) is 41.8 Å². The highest BCUT2D eigenvalue weighted by molar-refractivity contribution is 7.10. The first-order chi connectivity index (χ1) is 14.5. The van der Waals surface area contributed by atoms with Gasteiger partial charge in [0.2, 0.25) is 11.8 Å². The normalized spacial score (nSPS) is 17.8. The van der Waals surface area contributed by atoms with Crippen LogP contribution in [-0.2, 0) is 16.0 Å². The molecule has 1 saturated heterocycles. The van der Waals surface area contributed by atoms with Gasteiger partial charge in [0.1, 0.15) is 6.04 Å². The van der Waals surface area contributed by atoms with Crippen molar-refractivity contribution in [1.29, 1.82) is 0 Å². The lowest BCUT2D eigenvalue weighted by Crippen LogP contribution is -2.53. The number of hydrogen-bond acceptors (Lipinski definition) is 5. The molecule has 7 nitrogen and oxygen atoms in total. The van der Waals surface area contributed by atoms with Gasteiger partial charge in [0.05, 0.1) is 17.5 Å². The fourth-order valence-corrected chi connectivity index (χ4v) is 4.73. The summed E-state index contributed by atoms with van der Waals surface area (Å²) >= 11 is 1.56. The zero-order chi connectivity index (χ0) is 21.3. The molecule has 0 aliphatic carbocycles. The second-order valence-electron chi connectivity index (χ2n) is 7.63. The number of amides is 4. The van der Waals surface area contributed by atoms with Gasteiger partial charge in [-0.25, -0.2) is 0 Å². The molecule has 4 rings (SSSR count). The van der Waals surface area contributed by atoms with E-state index in [1.54, 1.807) is 47.4 Å². The van der Waals surface area contributed by atoms with Crippen LogP contribution in [0.1, 0.15) is 45.4 Å². The highest BCUT2D eigenvalue weighted by Crippen LogP contribution is 2.25. The van der Waals surface area contributed by atoms with Crippen LogP contribution < -0.4 is 5.32 Å². The third kappa shape index (κ3) is 3.87. The van der Waals surface area contributed by atoms with Gasteiger partial charge < -0.3 is 10.2 Å². The Morgan fingerprint density at radius 2 is 1.70 bits per heavy atom. The molecule has 1 fully saturated rings. The smallest absolute Gasteiger partial charge is 0.262 e. The van der Waals surface area contributed by atoms with E-state index in [4.69, 9.17) is 0 Å². The molecular formula is C22H23N3O4S. The molecule has 0 saturated carbocycles. The van der Waals surface area contributed by atoms with Crippen molar-refractivity contribution in [3.8, 4) is 0 Å². The third-order valence-electron chi connectivity index (χ3n) is 5.66. The lowest BCUT2D eigenvalue weighted by atomic mass is 10.0. The Morgan fingerprint density at radius 1 is 1.07 bits per heavy atom. The number of nitrogens with one attached hydrogen (secondary N) is 1. The Balaban J connectivity index is 1.32. The van der Waals surface area contributed by atoms with Crippen molar-refractivity contribution in [3.63, 3.8) is 0 Å². The van der Waals surface area contributed by atoms with E-state index >= 15 is 0 Å². The Labute approximate surface area is 178 Å². The van der Waals surface area contributed by atoms with Crippen molar-refractivity contribution in [3.05, 3.63) is 57.8 Å². The molecule has 0 bridgehead atoms. The van der Waals surface area contributed by atoms with E-state index in [2.05, 4.69) is 5.32 Å². The number of imide groups is 1. The average molecular weight is 426 g/mol. The molecule has 2 aliphatic rings. The first kappa shape index (κ1) is 20.3. The predicted molar refractivity (Wildman–Crippen MR) is 112 cm³/mol. The Hall–Kier alpha value is -3.00. The van der Waals surface area contributed by atoms with Crippen LogP contribution in [0, 0.1) is 0 Å². The number of fused-ring (bicyclic) bond motifs is 1. The van der Waals surface area contributed by atoms with E-state index in [1.807, 2.05) is 17.5 Å². The fraction of sp³-hybridized carbons (Fsp3) is 0.364. The van der Waals surface area contributed by atoms with Gasteiger partial charge in [-0.2, -0.15) is 0 Å². The maximum absolute atomic E-state index is 13.0. The molecule has 1 N–H and O–H groups in total. The van der Waals surface area contributed by atoms with Crippen molar-refractivity contribution in [2.75, 3.05) is 13.1 Å². The number of likely N-dealkylation sites (tertiary alicyclic amines) is 1. The largest absolute Gasteiger partial charge is 0.353 e. The highest BCUT2D eigenvalue weighted by atomic mass is 32.1. The second-order valence-corrected chi connectivity index (χ2v) is 8.66. The van der Waals surface area contributed by atoms with Gasteiger partial charge in [-0.15, -0.1) is 11.3 Å². The van der Waals surface area contributed by atoms with Gasteiger partial charge in [-0.1, -0.05) is 18.2 Å². The van der Waals surface area contributed by atoms with Crippen LogP contribution in [0.3, 0.4) is 0 Å². The highest BCUT2D eigenvalue weighted by Gasteiger charge is 2.42. The number of benzene rings is 1.